The van der Waals surface area contributed by atoms with Gasteiger partial charge in [0.25, 0.3) is 5.91 Å². The Morgan fingerprint density at radius 3 is 2.43 bits per heavy atom. The Bertz CT molecular complexity index is 1060. The molecule has 0 spiro atoms. The average Bonchev–Trinajstić information content (AvgIpc) is 3.40. The van der Waals surface area contributed by atoms with E-state index in [2.05, 4.69) is 5.10 Å². The topological polar surface area (TPSA) is 98.5 Å². The van der Waals surface area contributed by atoms with E-state index in [4.69, 9.17) is 0 Å². The quantitative estimate of drug-likeness (QED) is 0.578. The maximum absolute atomic E-state index is 12.6. The van der Waals surface area contributed by atoms with Crippen molar-refractivity contribution in [2.24, 2.45) is 0 Å². The van der Waals surface area contributed by atoms with Gasteiger partial charge in [-0.2, -0.15) is 5.10 Å². The molecule has 2 aromatic heterocycles. The van der Waals surface area contributed by atoms with E-state index >= 15 is 0 Å². The van der Waals surface area contributed by atoms with Crippen molar-refractivity contribution in [3.8, 4) is 0 Å². The van der Waals surface area contributed by atoms with Crippen LogP contribution in [0, 0.1) is 0 Å². The van der Waals surface area contributed by atoms with E-state index in [-0.39, 0.29) is 12.5 Å². The number of urea groups is 1. The van der Waals surface area contributed by atoms with Gasteiger partial charge in [-0.15, -0.1) is 0 Å². The van der Waals surface area contributed by atoms with Gasteiger partial charge < -0.3 is 5.21 Å². The van der Waals surface area contributed by atoms with E-state index in [1.165, 1.54) is 11.9 Å². The number of anilines is 1. The van der Waals surface area contributed by atoms with Crippen LogP contribution in [0.3, 0.4) is 0 Å². The van der Waals surface area contributed by atoms with Crippen LogP contribution in [0.2, 0.25) is 0 Å². The molecule has 4 rings (SSSR count). The van der Waals surface area contributed by atoms with Gasteiger partial charge in [0, 0.05) is 7.05 Å². The van der Waals surface area contributed by atoms with E-state index in [1.54, 1.807) is 32.2 Å². The summed E-state index contributed by atoms with van der Waals surface area (Å²) in [6.45, 7) is 7.05. The minimum atomic E-state index is -1.63. The smallest absolute Gasteiger partial charge is 0.301 e. The number of hydroxylamine groups is 1. The maximum atomic E-state index is 12.6. The second kappa shape index (κ2) is 7.14. The fraction of sp³-hybridized carbons (Fsp3) is 0.550. The third-order valence-electron chi connectivity index (χ3n) is 5.55. The third-order valence-corrected chi connectivity index (χ3v) is 7.25. The van der Waals surface area contributed by atoms with Gasteiger partial charge in [-0.25, -0.2) is 13.5 Å². The summed E-state index contributed by atoms with van der Waals surface area (Å²) in [6.07, 6.45) is 2.18. The number of aromatic nitrogens is 2. The summed E-state index contributed by atoms with van der Waals surface area (Å²) in [6, 6.07) is 4.76. The Labute approximate surface area is 177 Å². The predicted molar refractivity (Wildman–Crippen MR) is 113 cm³/mol. The molecule has 0 radical (unpaired) electrons. The van der Waals surface area contributed by atoms with Gasteiger partial charge in [0.1, 0.15) is 23.3 Å². The minimum Gasteiger partial charge on any atom is -0.301 e. The van der Waals surface area contributed by atoms with Crippen molar-refractivity contribution in [3.63, 3.8) is 0 Å². The molecule has 3 heterocycles. The molecule has 1 saturated carbocycles. The Morgan fingerprint density at radius 2 is 1.90 bits per heavy atom. The highest BCUT2D eigenvalue weighted by atomic mass is 32.2. The molecule has 1 saturated heterocycles. The van der Waals surface area contributed by atoms with E-state index < -0.39 is 27.8 Å². The highest BCUT2D eigenvalue weighted by Gasteiger charge is 2.37. The molecule has 1 aliphatic heterocycles. The molecule has 0 unspecified atom stereocenters. The predicted octanol–water partition coefficient (Wildman–Crippen LogP) is 2.82. The number of carbonyl (C=O) groups excluding carboxylic acids is 2. The van der Waals surface area contributed by atoms with Crippen LogP contribution >= 0.6 is 0 Å². The number of rotatable bonds is 5. The van der Waals surface area contributed by atoms with Gasteiger partial charge in [0.15, 0.2) is 0 Å². The van der Waals surface area contributed by atoms with Crippen molar-refractivity contribution in [2.75, 3.05) is 18.5 Å². The molecular weight excluding hydrogens is 406 g/mol. The van der Waals surface area contributed by atoms with E-state index in [0.717, 1.165) is 33.3 Å². The van der Waals surface area contributed by atoms with Crippen LogP contribution in [-0.2, 0) is 15.8 Å². The Kier molecular flexibility index (Phi) is 4.99. The first-order valence-corrected chi connectivity index (χ1v) is 11.1. The number of imide groups is 1. The second-order valence-electron chi connectivity index (χ2n) is 8.99. The molecule has 2 aliphatic rings. The summed E-state index contributed by atoms with van der Waals surface area (Å²) in [4.78, 5) is 27.2. The molecular formula is C20H27N5O4S. The summed E-state index contributed by atoms with van der Waals surface area (Å²) >= 11 is 0. The molecule has 1 N–H and O–H groups in total. The number of nitrogens with zero attached hydrogens (tertiary/aromatic N) is 5. The first kappa shape index (κ1) is 21.0. The van der Waals surface area contributed by atoms with Gasteiger partial charge in [-0.1, -0.05) is 4.47 Å². The standard InChI is InChI=1S/C20H27N5O4S/c1-12(25(28)30(29)20(2,3)4)16-10-15-8-14(13-6-7-13)9-17(24(15)21-16)23-11-18(26)22(5)19(23)27/h8-10,12-13,28H,6-7,11H2,1-5H3/t12-,30-/m1/s1. The first-order chi connectivity index (χ1) is 14.0. The molecule has 9 nitrogen and oxygen atoms in total. The van der Waals surface area contributed by atoms with Crippen LogP contribution in [0.15, 0.2) is 18.2 Å². The van der Waals surface area contributed by atoms with Crippen LogP contribution < -0.4 is 4.90 Å². The molecule has 2 atom stereocenters. The highest BCUT2D eigenvalue weighted by Crippen LogP contribution is 2.42. The lowest BCUT2D eigenvalue weighted by molar-refractivity contribution is -0.123. The molecule has 10 heteroatoms. The van der Waals surface area contributed by atoms with Gasteiger partial charge >= 0.3 is 6.03 Å². The number of hydrogen-bond donors (Lipinski definition) is 1. The number of likely N-dealkylation sites (N-methyl/N-ethyl adjacent to an activating group) is 1. The van der Waals surface area contributed by atoms with Crippen molar-refractivity contribution < 1.29 is 19.0 Å². The molecule has 0 bridgehead atoms. The molecule has 3 amide bonds. The van der Waals surface area contributed by atoms with Gasteiger partial charge in [0.05, 0.1) is 22.0 Å². The zero-order chi connectivity index (χ0) is 22.0. The van der Waals surface area contributed by atoms with Crippen molar-refractivity contribution in [3.05, 3.63) is 29.5 Å². The summed E-state index contributed by atoms with van der Waals surface area (Å²) in [5.41, 5.74) is 2.39. The first-order valence-electron chi connectivity index (χ1n) is 10.0. The molecule has 30 heavy (non-hydrogen) atoms. The van der Waals surface area contributed by atoms with Crippen molar-refractivity contribution in [1.29, 1.82) is 0 Å². The zero-order valence-electron chi connectivity index (χ0n) is 17.8. The zero-order valence-corrected chi connectivity index (χ0v) is 18.6. The number of hydrogen-bond acceptors (Lipinski definition) is 5. The van der Waals surface area contributed by atoms with E-state index in [1.807, 2.05) is 18.2 Å². The molecule has 1 aliphatic carbocycles. The van der Waals surface area contributed by atoms with Gasteiger partial charge in [0.2, 0.25) is 0 Å². The second-order valence-corrected chi connectivity index (χ2v) is 11.1. The third kappa shape index (κ3) is 3.52. The molecule has 2 fully saturated rings. The van der Waals surface area contributed by atoms with Crippen LogP contribution in [0.25, 0.3) is 5.52 Å². The lowest BCUT2D eigenvalue weighted by Gasteiger charge is -2.27. The van der Waals surface area contributed by atoms with E-state index in [0.29, 0.717) is 17.4 Å². The maximum Gasteiger partial charge on any atom is 0.332 e. The van der Waals surface area contributed by atoms with Crippen molar-refractivity contribution in [1.82, 2.24) is 19.0 Å². The van der Waals surface area contributed by atoms with Crippen LogP contribution in [0.4, 0.5) is 10.6 Å². The molecule has 0 aromatic carbocycles. The highest BCUT2D eigenvalue weighted by molar-refractivity contribution is 7.83. The Hall–Kier alpha value is -2.30. The SMILES string of the molecule is C[C@H](c1cc2cc(C3CC3)cc(N3CC(=O)N(C)C3=O)n2n1)N(O)[S@](=O)C(C)(C)C. The summed E-state index contributed by atoms with van der Waals surface area (Å²) < 4.78 is 14.4. The Morgan fingerprint density at radius 1 is 1.23 bits per heavy atom. The van der Waals surface area contributed by atoms with Crippen LogP contribution in [-0.4, -0.2) is 58.7 Å². The summed E-state index contributed by atoms with van der Waals surface area (Å²) in [5.74, 6) is 0.697. The average molecular weight is 434 g/mol. The van der Waals surface area contributed by atoms with Crippen LogP contribution in [0.5, 0.6) is 0 Å². The van der Waals surface area contributed by atoms with Crippen molar-refractivity contribution >= 4 is 34.3 Å². The lowest BCUT2D eigenvalue weighted by atomic mass is 10.1. The fourth-order valence-electron chi connectivity index (χ4n) is 3.49. The molecule has 162 valence electrons. The number of fused-ring (bicyclic) bond motifs is 1. The van der Waals surface area contributed by atoms with E-state index in [9.17, 15) is 19.0 Å². The minimum absolute atomic E-state index is 0.0382. The largest absolute Gasteiger partial charge is 0.332 e. The normalized spacial score (nSPS) is 20.0. The van der Waals surface area contributed by atoms with Gasteiger partial charge in [-0.3, -0.25) is 14.6 Å². The van der Waals surface area contributed by atoms with Crippen molar-refractivity contribution in [2.45, 2.75) is 57.2 Å². The number of pyridine rings is 1. The number of carbonyl (C=O) groups is 2. The number of amides is 3. The lowest BCUT2D eigenvalue weighted by Crippen LogP contribution is -2.37. The Balaban J connectivity index is 1.77. The fourth-order valence-corrected chi connectivity index (χ4v) is 4.44. The van der Waals surface area contributed by atoms with Crippen LogP contribution in [0.1, 0.15) is 63.8 Å². The summed E-state index contributed by atoms with van der Waals surface area (Å²) in [5, 5.41) is 15.1. The summed E-state index contributed by atoms with van der Waals surface area (Å²) in [7, 11) is -0.168. The van der Waals surface area contributed by atoms with Gasteiger partial charge in [-0.05, 0) is 70.2 Å². The molecule has 2 aromatic rings. The monoisotopic (exact) mass is 433 g/mol.